The lowest BCUT2D eigenvalue weighted by atomic mass is 9.91. The number of carbonyl (C=O) groups is 1. The van der Waals surface area contributed by atoms with Gasteiger partial charge in [0.2, 0.25) is 0 Å². The number of carboxylic acids is 1. The molecule has 16 heavy (non-hydrogen) atoms. The zero-order valence-electron chi connectivity index (χ0n) is 10.1. The van der Waals surface area contributed by atoms with Crippen LogP contribution in [0.4, 0.5) is 0 Å². The Kier molecular flexibility index (Phi) is 3.70. The first kappa shape index (κ1) is 13.1. The lowest BCUT2D eigenvalue weighted by Crippen LogP contribution is -2.18. The fourth-order valence-corrected chi connectivity index (χ4v) is 2.64. The van der Waals surface area contributed by atoms with Gasteiger partial charge in [0.15, 0.2) is 0 Å². The van der Waals surface area contributed by atoms with Crippen LogP contribution in [0, 0.1) is 0 Å². The minimum atomic E-state index is -0.904. The molecule has 0 spiro atoms. The van der Waals surface area contributed by atoms with Crippen molar-refractivity contribution in [1.82, 2.24) is 4.98 Å². The van der Waals surface area contributed by atoms with Gasteiger partial charge in [0.1, 0.15) is 4.88 Å². The smallest absolute Gasteiger partial charge is 0.347 e. The largest absolute Gasteiger partial charge is 0.477 e. The molecular weight excluding hydrogens is 224 g/mol. The zero-order valence-corrected chi connectivity index (χ0v) is 10.9. The summed E-state index contributed by atoms with van der Waals surface area (Å²) >= 11 is 1.23. The number of aromatic carboxylic acids is 1. The third-order valence-corrected chi connectivity index (χ3v) is 3.14. The van der Waals surface area contributed by atoms with Crippen molar-refractivity contribution < 1.29 is 9.90 Å². The number of hydrogen-bond donors (Lipinski definition) is 2. The average molecular weight is 242 g/mol. The molecular formula is C11H18N2O2S. The molecule has 0 saturated heterocycles. The van der Waals surface area contributed by atoms with Crippen LogP contribution in [0.5, 0.6) is 0 Å². The summed E-state index contributed by atoms with van der Waals surface area (Å²) < 4.78 is 0. The van der Waals surface area contributed by atoms with E-state index in [0.29, 0.717) is 17.0 Å². The standard InChI is InChI=1S/C11H18N2O2S/c1-6(12)5-7-13-9(11(2,3)4)8(16-7)10(14)15/h6H,5,12H2,1-4H3,(H,14,15). The molecule has 0 amide bonds. The number of aromatic nitrogens is 1. The van der Waals surface area contributed by atoms with E-state index >= 15 is 0 Å². The Balaban J connectivity index is 3.16. The highest BCUT2D eigenvalue weighted by Gasteiger charge is 2.26. The van der Waals surface area contributed by atoms with Crippen LogP contribution in [0.15, 0.2) is 0 Å². The van der Waals surface area contributed by atoms with E-state index in [9.17, 15) is 4.79 Å². The average Bonchev–Trinajstić information content (AvgIpc) is 2.45. The summed E-state index contributed by atoms with van der Waals surface area (Å²) in [6, 6.07) is 0.000568. The monoisotopic (exact) mass is 242 g/mol. The maximum absolute atomic E-state index is 11.1. The quantitative estimate of drug-likeness (QED) is 0.850. The first-order valence-electron chi connectivity index (χ1n) is 5.21. The third kappa shape index (κ3) is 3.02. The van der Waals surface area contributed by atoms with E-state index in [1.807, 2.05) is 27.7 Å². The Morgan fingerprint density at radius 3 is 2.44 bits per heavy atom. The van der Waals surface area contributed by atoms with Crippen molar-refractivity contribution in [3.05, 3.63) is 15.6 Å². The van der Waals surface area contributed by atoms with Gasteiger partial charge in [-0.3, -0.25) is 0 Å². The van der Waals surface area contributed by atoms with Gasteiger partial charge >= 0.3 is 5.97 Å². The lowest BCUT2D eigenvalue weighted by molar-refractivity contribution is 0.0699. The molecule has 0 saturated carbocycles. The Morgan fingerprint density at radius 1 is 1.56 bits per heavy atom. The predicted octanol–water partition coefficient (Wildman–Crippen LogP) is 2.03. The molecule has 1 atom stereocenters. The van der Waals surface area contributed by atoms with E-state index in [0.717, 1.165) is 5.01 Å². The molecule has 1 aromatic heterocycles. The van der Waals surface area contributed by atoms with E-state index in [2.05, 4.69) is 4.98 Å². The summed E-state index contributed by atoms with van der Waals surface area (Å²) in [7, 11) is 0. The van der Waals surface area contributed by atoms with Crippen molar-refractivity contribution in [3.63, 3.8) is 0 Å². The van der Waals surface area contributed by atoms with Gasteiger partial charge in [-0.25, -0.2) is 9.78 Å². The Morgan fingerprint density at radius 2 is 2.12 bits per heavy atom. The van der Waals surface area contributed by atoms with Crippen LogP contribution >= 0.6 is 11.3 Å². The van der Waals surface area contributed by atoms with Crippen molar-refractivity contribution in [3.8, 4) is 0 Å². The molecule has 0 bridgehead atoms. The van der Waals surface area contributed by atoms with Crippen LogP contribution in [0.2, 0.25) is 0 Å². The summed E-state index contributed by atoms with van der Waals surface area (Å²) in [6.45, 7) is 7.77. The lowest BCUT2D eigenvalue weighted by Gasteiger charge is -2.16. The van der Waals surface area contributed by atoms with Crippen molar-refractivity contribution in [2.24, 2.45) is 5.73 Å². The second-order valence-electron chi connectivity index (χ2n) is 5.02. The van der Waals surface area contributed by atoms with Gasteiger partial charge in [-0.15, -0.1) is 11.3 Å². The minimum absolute atomic E-state index is 0.000568. The van der Waals surface area contributed by atoms with Crippen molar-refractivity contribution in [1.29, 1.82) is 0 Å². The van der Waals surface area contributed by atoms with E-state index < -0.39 is 5.97 Å². The van der Waals surface area contributed by atoms with Crippen LogP contribution in [-0.4, -0.2) is 22.1 Å². The SMILES string of the molecule is CC(N)Cc1nc(C(C)(C)C)c(C(=O)O)s1. The highest BCUT2D eigenvalue weighted by atomic mass is 32.1. The van der Waals surface area contributed by atoms with Gasteiger partial charge in [0, 0.05) is 17.9 Å². The van der Waals surface area contributed by atoms with Gasteiger partial charge in [0.05, 0.1) is 10.7 Å². The maximum Gasteiger partial charge on any atom is 0.347 e. The summed E-state index contributed by atoms with van der Waals surface area (Å²) in [5.41, 5.74) is 6.09. The van der Waals surface area contributed by atoms with Crippen molar-refractivity contribution in [2.75, 3.05) is 0 Å². The zero-order chi connectivity index (χ0) is 12.5. The highest BCUT2D eigenvalue weighted by molar-refractivity contribution is 7.13. The second-order valence-corrected chi connectivity index (χ2v) is 6.11. The maximum atomic E-state index is 11.1. The minimum Gasteiger partial charge on any atom is -0.477 e. The normalized spacial score (nSPS) is 13.8. The van der Waals surface area contributed by atoms with Crippen LogP contribution in [-0.2, 0) is 11.8 Å². The van der Waals surface area contributed by atoms with E-state index in [-0.39, 0.29) is 11.5 Å². The van der Waals surface area contributed by atoms with E-state index in [4.69, 9.17) is 10.8 Å². The van der Waals surface area contributed by atoms with Crippen LogP contribution in [0.3, 0.4) is 0 Å². The molecule has 1 unspecified atom stereocenters. The number of nitrogens with zero attached hydrogens (tertiary/aromatic N) is 1. The van der Waals surface area contributed by atoms with Gasteiger partial charge in [0.25, 0.3) is 0 Å². The molecule has 5 heteroatoms. The Bertz CT molecular complexity index is 391. The number of nitrogens with two attached hydrogens (primary N) is 1. The molecule has 3 N–H and O–H groups in total. The number of carboxylic acid groups (broad SMARTS) is 1. The van der Waals surface area contributed by atoms with Gasteiger partial charge in [-0.2, -0.15) is 0 Å². The Hall–Kier alpha value is -0.940. The van der Waals surface area contributed by atoms with Gasteiger partial charge in [-0.05, 0) is 6.92 Å². The van der Waals surface area contributed by atoms with E-state index in [1.165, 1.54) is 11.3 Å². The fourth-order valence-electron chi connectivity index (χ4n) is 1.38. The second kappa shape index (κ2) is 4.51. The molecule has 1 aromatic rings. The van der Waals surface area contributed by atoms with Gasteiger partial charge < -0.3 is 10.8 Å². The van der Waals surface area contributed by atoms with Crippen LogP contribution in [0.25, 0.3) is 0 Å². The molecule has 0 aliphatic carbocycles. The van der Waals surface area contributed by atoms with Crippen LogP contribution < -0.4 is 5.73 Å². The molecule has 1 heterocycles. The molecule has 0 fully saturated rings. The Labute approximate surface area is 99.5 Å². The summed E-state index contributed by atoms with van der Waals surface area (Å²) in [6.07, 6.45) is 0.626. The van der Waals surface area contributed by atoms with Crippen LogP contribution in [0.1, 0.15) is 48.1 Å². The molecule has 0 radical (unpaired) electrons. The molecule has 0 aliphatic heterocycles. The first-order valence-corrected chi connectivity index (χ1v) is 6.02. The fraction of sp³-hybridized carbons (Fsp3) is 0.636. The molecule has 4 nitrogen and oxygen atoms in total. The molecule has 1 rings (SSSR count). The first-order chi connectivity index (χ1) is 7.21. The number of rotatable bonds is 3. The summed E-state index contributed by atoms with van der Waals surface area (Å²) in [4.78, 5) is 15.8. The summed E-state index contributed by atoms with van der Waals surface area (Å²) in [5.74, 6) is -0.904. The topological polar surface area (TPSA) is 76.2 Å². The van der Waals surface area contributed by atoms with Gasteiger partial charge in [-0.1, -0.05) is 20.8 Å². The third-order valence-electron chi connectivity index (χ3n) is 2.07. The molecule has 90 valence electrons. The van der Waals surface area contributed by atoms with Crippen molar-refractivity contribution >= 4 is 17.3 Å². The molecule has 0 aromatic carbocycles. The van der Waals surface area contributed by atoms with E-state index in [1.54, 1.807) is 0 Å². The summed E-state index contributed by atoms with van der Waals surface area (Å²) in [5, 5.41) is 9.92. The number of thiazole rings is 1. The molecule has 0 aliphatic rings. The number of hydrogen-bond acceptors (Lipinski definition) is 4. The van der Waals surface area contributed by atoms with Crippen molar-refractivity contribution in [2.45, 2.75) is 45.6 Å². The highest BCUT2D eigenvalue weighted by Crippen LogP contribution is 2.30. The predicted molar refractivity (Wildman–Crippen MR) is 65.1 cm³/mol.